The first-order valence-electron chi connectivity index (χ1n) is 10.6. The van der Waals surface area contributed by atoms with Crippen LogP contribution in [-0.4, -0.2) is 27.7 Å². The summed E-state index contributed by atoms with van der Waals surface area (Å²) in [4.78, 5) is 20.9. The third kappa shape index (κ3) is 4.21. The minimum Gasteiger partial charge on any atom is -0.493 e. The lowest BCUT2D eigenvalue weighted by atomic mass is 10.1. The first-order chi connectivity index (χ1) is 15.6. The number of nitrogens with zero attached hydrogens (tertiary/aromatic N) is 3. The fraction of sp³-hybridized carbons (Fsp3) is 0.292. The molecule has 2 heterocycles. The Kier molecular flexibility index (Phi) is 5.57. The predicted octanol–water partition coefficient (Wildman–Crippen LogP) is 5.08. The number of halogens is 1. The molecular formula is C24H22ClN3O4. The molecule has 0 amide bonds. The molecular weight excluding hydrogens is 430 g/mol. The minimum atomic E-state index is -0.384. The van der Waals surface area contributed by atoms with Crippen molar-refractivity contribution in [1.82, 2.24) is 14.5 Å². The molecule has 2 aromatic carbocycles. The standard InChI is InChI=1S/C24H22ClN3O4/c1-30-20-9-6-15(10-22(20)31-18-4-2-3-5-18)16-12-26-24(29)28(13-16)14-23-27-19-8-7-17(25)11-21(19)32-23/h6-13,18H,2-5,14H2,1H3. The Hall–Kier alpha value is -3.32. The van der Waals surface area contributed by atoms with Crippen LogP contribution in [0.2, 0.25) is 5.02 Å². The quantitative estimate of drug-likeness (QED) is 0.406. The molecule has 0 spiro atoms. The fourth-order valence-electron chi connectivity index (χ4n) is 4.01. The molecule has 0 aliphatic heterocycles. The summed E-state index contributed by atoms with van der Waals surface area (Å²) >= 11 is 6.02. The van der Waals surface area contributed by atoms with Gasteiger partial charge in [-0.2, -0.15) is 0 Å². The summed E-state index contributed by atoms with van der Waals surface area (Å²) in [5.74, 6) is 1.79. The second kappa shape index (κ2) is 8.67. The van der Waals surface area contributed by atoms with E-state index in [-0.39, 0.29) is 18.3 Å². The van der Waals surface area contributed by atoms with E-state index < -0.39 is 0 Å². The van der Waals surface area contributed by atoms with E-state index in [1.165, 1.54) is 17.4 Å². The van der Waals surface area contributed by atoms with Gasteiger partial charge < -0.3 is 13.9 Å². The molecule has 1 aliphatic rings. The highest BCUT2D eigenvalue weighted by Gasteiger charge is 2.19. The van der Waals surface area contributed by atoms with Crippen LogP contribution in [0.1, 0.15) is 31.6 Å². The van der Waals surface area contributed by atoms with E-state index in [9.17, 15) is 4.79 Å². The zero-order chi connectivity index (χ0) is 22.1. The second-order valence-corrected chi connectivity index (χ2v) is 8.30. The Balaban J connectivity index is 1.45. The molecule has 1 saturated carbocycles. The third-order valence-electron chi connectivity index (χ3n) is 5.65. The maximum absolute atomic E-state index is 12.4. The average Bonchev–Trinajstić information content (AvgIpc) is 3.44. The van der Waals surface area contributed by atoms with Gasteiger partial charge in [-0.15, -0.1) is 0 Å². The highest BCUT2D eigenvalue weighted by atomic mass is 35.5. The summed E-state index contributed by atoms with van der Waals surface area (Å²) in [5.41, 5.74) is 2.54. The maximum Gasteiger partial charge on any atom is 0.348 e. The highest BCUT2D eigenvalue weighted by molar-refractivity contribution is 6.31. The second-order valence-electron chi connectivity index (χ2n) is 7.86. The van der Waals surface area contributed by atoms with Gasteiger partial charge in [-0.05, 0) is 55.5 Å². The normalized spacial score (nSPS) is 14.2. The lowest BCUT2D eigenvalue weighted by Gasteiger charge is -2.17. The van der Waals surface area contributed by atoms with Crippen LogP contribution < -0.4 is 15.2 Å². The lowest BCUT2D eigenvalue weighted by molar-refractivity contribution is 0.201. The van der Waals surface area contributed by atoms with Crippen molar-refractivity contribution in [3.05, 3.63) is 70.2 Å². The Labute approximate surface area is 189 Å². The van der Waals surface area contributed by atoms with Crippen LogP contribution in [0.4, 0.5) is 0 Å². The van der Waals surface area contributed by atoms with Crippen molar-refractivity contribution in [2.75, 3.05) is 7.11 Å². The van der Waals surface area contributed by atoms with E-state index in [0.717, 1.165) is 24.0 Å². The van der Waals surface area contributed by atoms with Crippen LogP contribution in [0.3, 0.4) is 0 Å². The first kappa shape index (κ1) is 20.6. The van der Waals surface area contributed by atoms with Crippen molar-refractivity contribution in [2.45, 2.75) is 38.3 Å². The number of methoxy groups -OCH3 is 1. The summed E-state index contributed by atoms with van der Waals surface area (Å²) in [5, 5.41) is 0.566. The molecule has 0 saturated heterocycles. The number of benzene rings is 2. The molecule has 0 bridgehead atoms. The predicted molar refractivity (Wildman–Crippen MR) is 121 cm³/mol. The Morgan fingerprint density at radius 2 is 1.97 bits per heavy atom. The zero-order valence-corrected chi connectivity index (χ0v) is 18.3. The van der Waals surface area contributed by atoms with Crippen molar-refractivity contribution in [3.8, 4) is 22.6 Å². The molecule has 1 fully saturated rings. The molecule has 0 atom stereocenters. The van der Waals surface area contributed by atoms with Gasteiger partial charge in [-0.3, -0.25) is 4.57 Å². The van der Waals surface area contributed by atoms with Gasteiger partial charge in [0.15, 0.2) is 17.1 Å². The number of aromatic nitrogens is 3. The zero-order valence-electron chi connectivity index (χ0n) is 17.6. The van der Waals surface area contributed by atoms with Crippen molar-refractivity contribution in [3.63, 3.8) is 0 Å². The highest BCUT2D eigenvalue weighted by Crippen LogP contribution is 2.35. The summed E-state index contributed by atoms with van der Waals surface area (Å²) in [6, 6.07) is 11.0. The van der Waals surface area contributed by atoms with Crippen LogP contribution >= 0.6 is 11.6 Å². The Bertz CT molecular complexity index is 1320. The van der Waals surface area contributed by atoms with Gasteiger partial charge >= 0.3 is 5.69 Å². The van der Waals surface area contributed by atoms with E-state index >= 15 is 0 Å². The van der Waals surface area contributed by atoms with Crippen molar-refractivity contribution < 1.29 is 13.9 Å². The molecule has 0 N–H and O–H groups in total. The molecule has 7 nitrogen and oxygen atoms in total. The number of hydrogen-bond donors (Lipinski definition) is 0. The Morgan fingerprint density at radius 3 is 2.78 bits per heavy atom. The van der Waals surface area contributed by atoms with Crippen molar-refractivity contribution in [2.24, 2.45) is 0 Å². The number of hydrogen-bond acceptors (Lipinski definition) is 6. The fourth-order valence-corrected chi connectivity index (χ4v) is 4.17. The SMILES string of the molecule is COc1ccc(-c2cnc(=O)n(Cc3nc4ccc(Cl)cc4o3)c2)cc1OC1CCCC1. The molecule has 164 valence electrons. The van der Waals surface area contributed by atoms with E-state index in [0.29, 0.717) is 33.5 Å². The minimum absolute atomic E-state index is 0.160. The number of fused-ring (bicyclic) bond motifs is 1. The van der Waals surface area contributed by atoms with Gasteiger partial charge in [0.05, 0.1) is 13.2 Å². The van der Waals surface area contributed by atoms with E-state index in [1.54, 1.807) is 37.7 Å². The lowest BCUT2D eigenvalue weighted by Crippen LogP contribution is -2.22. The third-order valence-corrected chi connectivity index (χ3v) is 5.88. The maximum atomic E-state index is 12.4. The molecule has 32 heavy (non-hydrogen) atoms. The molecule has 5 rings (SSSR count). The number of ether oxygens (including phenoxy) is 2. The first-order valence-corrected chi connectivity index (χ1v) is 10.9. The smallest absolute Gasteiger partial charge is 0.348 e. The molecule has 0 radical (unpaired) electrons. The largest absolute Gasteiger partial charge is 0.493 e. The molecule has 2 aromatic heterocycles. The Morgan fingerprint density at radius 1 is 1.12 bits per heavy atom. The van der Waals surface area contributed by atoms with Crippen molar-refractivity contribution in [1.29, 1.82) is 0 Å². The van der Waals surface area contributed by atoms with Crippen LogP contribution in [0.25, 0.3) is 22.2 Å². The molecule has 4 aromatic rings. The summed E-state index contributed by atoms with van der Waals surface area (Å²) in [6.45, 7) is 0.160. The number of rotatable bonds is 6. The molecule has 1 aliphatic carbocycles. The van der Waals surface area contributed by atoms with E-state index in [4.69, 9.17) is 25.5 Å². The average molecular weight is 452 g/mol. The van der Waals surface area contributed by atoms with E-state index in [1.807, 2.05) is 18.2 Å². The van der Waals surface area contributed by atoms with E-state index in [2.05, 4.69) is 9.97 Å². The van der Waals surface area contributed by atoms with Crippen LogP contribution in [-0.2, 0) is 6.54 Å². The summed E-state index contributed by atoms with van der Waals surface area (Å²) < 4.78 is 18.9. The van der Waals surface area contributed by atoms with Gasteiger partial charge in [0, 0.05) is 29.0 Å². The van der Waals surface area contributed by atoms with Gasteiger partial charge in [0.25, 0.3) is 0 Å². The van der Waals surface area contributed by atoms with Gasteiger partial charge in [-0.1, -0.05) is 17.7 Å². The monoisotopic (exact) mass is 451 g/mol. The number of oxazole rings is 1. The molecule has 0 unspecified atom stereocenters. The van der Waals surface area contributed by atoms with Crippen molar-refractivity contribution >= 4 is 22.7 Å². The van der Waals surface area contributed by atoms with Crippen LogP contribution in [0, 0.1) is 0 Å². The van der Waals surface area contributed by atoms with Crippen LogP contribution in [0.15, 0.2) is 58.0 Å². The molecule has 8 heteroatoms. The van der Waals surface area contributed by atoms with Gasteiger partial charge in [0.1, 0.15) is 12.1 Å². The van der Waals surface area contributed by atoms with Gasteiger partial charge in [-0.25, -0.2) is 14.8 Å². The topological polar surface area (TPSA) is 79.4 Å². The summed E-state index contributed by atoms with van der Waals surface area (Å²) in [7, 11) is 1.63. The summed E-state index contributed by atoms with van der Waals surface area (Å²) in [6.07, 6.45) is 7.99. The van der Waals surface area contributed by atoms with Crippen LogP contribution in [0.5, 0.6) is 11.5 Å². The van der Waals surface area contributed by atoms with Gasteiger partial charge in [0.2, 0.25) is 5.89 Å².